The van der Waals surface area contributed by atoms with E-state index in [9.17, 15) is 29.1 Å². The smallest absolute Gasteiger partial charge is 0.354 e. The van der Waals surface area contributed by atoms with Crippen LogP contribution >= 0.6 is 0 Å². The van der Waals surface area contributed by atoms with Crippen LogP contribution in [0.3, 0.4) is 0 Å². The fraction of sp³-hybridized carbons (Fsp3) is 0. The summed E-state index contributed by atoms with van der Waals surface area (Å²) in [6.07, 6.45) is 10.5. The number of nitrogens with zero attached hydrogens (tertiary/aromatic N) is 13. The van der Waals surface area contributed by atoms with Crippen LogP contribution < -0.4 is 0 Å². The van der Waals surface area contributed by atoms with Crippen LogP contribution in [0.25, 0.3) is 124 Å². The number of carboxylic acid groups (broad SMARTS) is 5. The molecule has 0 atom stereocenters. The summed E-state index contributed by atoms with van der Waals surface area (Å²) >= 11 is 0. The van der Waals surface area contributed by atoms with Gasteiger partial charge >= 0.3 is 29.8 Å². The van der Waals surface area contributed by atoms with E-state index in [1.165, 1.54) is 42.5 Å². The van der Waals surface area contributed by atoms with E-state index in [4.69, 9.17) is 25.5 Å². The van der Waals surface area contributed by atoms with E-state index in [1.54, 1.807) is 73.6 Å². The van der Waals surface area contributed by atoms with Gasteiger partial charge in [0.05, 0.1) is 51.2 Å². The monoisotopic (exact) mass is 2480 g/mol. The molecule has 19 rings (SSSR count). The number of hydrogen-bond acceptors (Lipinski definition) is 19. The van der Waals surface area contributed by atoms with Gasteiger partial charge in [-0.15, -0.1) is 168 Å². The quantitative estimate of drug-likeness (QED) is 0.0489. The summed E-state index contributed by atoms with van der Waals surface area (Å²) in [6.45, 7) is 0. The minimum absolute atomic E-state index is 0. The van der Waals surface area contributed by atoms with Gasteiger partial charge in [0.25, 0.3) is 0 Å². The molecular weight excluding hydrogens is 2400 g/mol. The van der Waals surface area contributed by atoms with Gasteiger partial charge < -0.3 is 40.6 Å². The Morgan fingerprint density at radius 1 is 0.187 bits per heavy atom. The van der Waals surface area contributed by atoms with Crippen molar-refractivity contribution in [1.29, 1.82) is 0 Å². The van der Waals surface area contributed by atoms with Crippen molar-refractivity contribution in [2.75, 3.05) is 0 Å². The summed E-state index contributed by atoms with van der Waals surface area (Å²) in [5, 5.41) is 52.4. The van der Waals surface area contributed by atoms with Crippen LogP contribution in [-0.4, -0.2) is 125 Å². The molecule has 6 aromatic carbocycles. The number of para-hydroxylation sites is 1. The molecule has 0 spiro atoms. The molecule has 0 aliphatic carbocycles. The molecule has 6 N–H and O–H groups in total. The Labute approximate surface area is 825 Å². The molecule has 0 amide bonds. The third-order valence-corrected chi connectivity index (χ3v) is 17.8. The number of hydrogen-bond donors (Lipinski definition) is 6. The molecule has 24 nitrogen and oxygen atoms in total. The van der Waals surface area contributed by atoms with E-state index in [1.807, 2.05) is 297 Å². The van der Waals surface area contributed by atoms with Crippen LogP contribution in [0.5, 0.6) is 5.75 Å². The Balaban J connectivity index is 0.000000189. The second-order valence-corrected chi connectivity index (χ2v) is 26.8. The van der Waals surface area contributed by atoms with Gasteiger partial charge in [-0.2, -0.15) is 0 Å². The number of rotatable bonds is 16. The van der Waals surface area contributed by atoms with E-state index in [-0.39, 0.29) is 115 Å². The molecular formula is C106H74Ir4N13O11-5. The third kappa shape index (κ3) is 32.0. The number of carboxylic acids is 5. The van der Waals surface area contributed by atoms with Gasteiger partial charge in [-0.05, 0) is 156 Å². The number of phenols is 1. The van der Waals surface area contributed by atoms with Crippen molar-refractivity contribution in [1.82, 2.24) is 64.8 Å². The molecule has 0 fully saturated rings. The Morgan fingerprint density at radius 3 is 0.672 bits per heavy atom. The van der Waals surface area contributed by atoms with Crippen LogP contribution in [0.15, 0.2) is 413 Å². The molecule has 4 radical (unpaired) electrons. The molecule has 0 aliphatic heterocycles. The Bertz CT molecular complexity index is 6050. The average Bonchev–Trinajstić information content (AvgIpc) is 0.843. The number of phenolic OH excluding ortho intramolecular Hbond substituents is 1. The summed E-state index contributed by atoms with van der Waals surface area (Å²) in [7, 11) is 0. The number of benzene rings is 6. The van der Waals surface area contributed by atoms with Crippen molar-refractivity contribution in [2.24, 2.45) is 0 Å². The van der Waals surface area contributed by atoms with Gasteiger partial charge in [0.15, 0.2) is 0 Å². The zero-order valence-corrected chi connectivity index (χ0v) is 79.7. The zero-order valence-electron chi connectivity index (χ0n) is 70.1. The second-order valence-electron chi connectivity index (χ2n) is 26.8. The maximum atomic E-state index is 10.7. The first-order chi connectivity index (χ1) is 63.6. The molecule has 13 heterocycles. The number of aromatic nitrogens is 13. The van der Waals surface area contributed by atoms with Gasteiger partial charge in [-0.3, -0.25) is 29.9 Å². The maximum absolute atomic E-state index is 10.7. The van der Waals surface area contributed by atoms with Gasteiger partial charge in [0.1, 0.15) is 34.2 Å². The van der Waals surface area contributed by atoms with Gasteiger partial charge in [0.2, 0.25) is 0 Å². The van der Waals surface area contributed by atoms with Crippen LogP contribution in [0.4, 0.5) is 0 Å². The van der Waals surface area contributed by atoms with Crippen molar-refractivity contribution >= 4 is 29.8 Å². The van der Waals surface area contributed by atoms with E-state index in [0.29, 0.717) is 11.4 Å². The van der Waals surface area contributed by atoms with E-state index < -0.39 is 29.8 Å². The molecule has 670 valence electrons. The SMILES string of the molecule is O=C(O)c1cccc(-c2ccccn2)n1.O=C(O)c1cccc(C(=O)O)n1.O=C(O)c1cccc(C(=O)O)n1.Oc1ccccc1-c1cccc(-c2ccccn2)n1.[Ir].[Ir].[Ir].[Ir].[c-]1c(-c2ccccn2)cccc1-c1ccccn1.[c-]1ccccc1-c1cccc(-c2[c-]cccc2)n1.[c-]1ccccc1-c1cccc(-c2[c-]cccc2)n1.c1ccc(-c2cccc(-c3ccccn3)n2)nc1. The topological polar surface area (TPSA) is 374 Å². The van der Waals surface area contributed by atoms with Crippen molar-refractivity contribution in [3.8, 4) is 130 Å². The predicted octanol–water partition coefficient (Wildman–Crippen LogP) is 21.2. The number of aromatic carboxylic acids is 5. The maximum Gasteiger partial charge on any atom is 0.354 e. The van der Waals surface area contributed by atoms with Crippen molar-refractivity contribution in [3.63, 3.8) is 0 Å². The molecule has 134 heavy (non-hydrogen) atoms. The molecule has 13 aromatic heterocycles. The first-order valence-electron chi connectivity index (χ1n) is 39.7. The molecule has 0 saturated heterocycles. The fourth-order valence-corrected chi connectivity index (χ4v) is 11.7. The fourth-order valence-electron chi connectivity index (χ4n) is 11.7. The second kappa shape index (κ2) is 55.1. The van der Waals surface area contributed by atoms with Crippen LogP contribution in [-0.2, 0) is 80.4 Å². The van der Waals surface area contributed by atoms with Crippen molar-refractivity contribution in [3.05, 3.63) is 472 Å². The van der Waals surface area contributed by atoms with Gasteiger partial charge in [-0.25, -0.2) is 48.9 Å². The van der Waals surface area contributed by atoms with Gasteiger partial charge in [0, 0.05) is 135 Å². The van der Waals surface area contributed by atoms with Crippen molar-refractivity contribution < 1.29 is 135 Å². The number of carbonyl (C=O) groups is 5. The van der Waals surface area contributed by atoms with Crippen molar-refractivity contribution in [2.45, 2.75) is 0 Å². The van der Waals surface area contributed by atoms with E-state index in [2.05, 4.69) is 95.1 Å². The van der Waals surface area contributed by atoms with Crippen LogP contribution in [0, 0.1) is 30.3 Å². The third-order valence-electron chi connectivity index (χ3n) is 17.8. The normalized spacial score (nSPS) is 9.73. The summed E-state index contributed by atoms with van der Waals surface area (Å²) in [4.78, 5) is 107. The number of aromatic hydroxyl groups is 1. The molecule has 0 bridgehead atoms. The van der Waals surface area contributed by atoms with E-state index >= 15 is 0 Å². The minimum atomic E-state index is -1.24. The summed E-state index contributed by atoms with van der Waals surface area (Å²) in [5.74, 6) is -5.76. The first kappa shape index (κ1) is 103. The summed E-state index contributed by atoms with van der Waals surface area (Å²) in [5.41, 5.74) is 18.3. The molecule has 0 saturated carbocycles. The Hall–Kier alpha value is -16.0. The van der Waals surface area contributed by atoms with Gasteiger partial charge in [-0.1, -0.05) is 139 Å². The average molecular weight is 2470 g/mol. The summed E-state index contributed by atoms with van der Waals surface area (Å²) < 4.78 is 0. The molecule has 0 aliphatic rings. The van der Waals surface area contributed by atoms with E-state index in [0.717, 1.165) is 113 Å². The Kier molecular flexibility index (Phi) is 42.5. The largest absolute Gasteiger partial charge is 0.507 e. The zero-order chi connectivity index (χ0) is 90.9. The molecule has 19 aromatic rings. The van der Waals surface area contributed by atoms with Crippen LogP contribution in [0.2, 0.25) is 0 Å². The molecule has 28 heteroatoms. The summed E-state index contributed by atoms with van der Waals surface area (Å²) in [6, 6.07) is 131. The molecule has 0 unspecified atom stereocenters. The predicted molar refractivity (Wildman–Crippen MR) is 493 cm³/mol. The van der Waals surface area contributed by atoms with Crippen LogP contribution in [0.1, 0.15) is 52.4 Å². The number of pyridine rings is 13. The Morgan fingerprint density at radius 2 is 0.396 bits per heavy atom. The standard InChI is InChI=1S/2C17H11N.C16H12N2O.C16H11N2.C15H11N3.C11H8N2O2.2C7H5NO4.4Ir/c2*1-3-8-14(9-4-1)16-12-7-13-17(18-16)15-10-5-2-6-11-15;19-16-10-2-1-6-12(16)13-8-5-9-15(18-13)14-7-3-4-11-17-14;1-3-10-17-15(8-1)13-6-5-7-14(12-13)16-9-2-4-11-18-16;1-3-10-16-12(6-1)14-8-5-9-15(18-14)13-7-2-4-11-17-13;14-11(15)10-6-3-5-9(13-10)8-4-1-2-7-12-8;2*9-6(10)4-2-1-3-5(8-4)7(11)12;;;;/h2*1-8,10,12-13H;1-11,19H;2*1-11H;1-7H,(H,14,15);2*1-3H,(H,9,10)(H,11,12);;;;/q2*-2;;-1;;;;;;;;. The minimum Gasteiger partial charge on any atom is -0.507 e. The first-order valence-corrected chi connectivity index (χ1v) is 39.7.